The van der Waals surface area contributed by atoms with E-state index in [4.69, 9.17) is 0 Å². The topological polar surface area (TPSA) is 105 Å². The second kappa shape index (κ2) is 7.55. The fraction of sp³-hybridized carbons (Fsp3) is 0.520. The predicted octanol–water partition coefficient (Wildman–Crippen LogP) is 2.64. The van der Waals surface area contributed by atoms with Gasteiger partial charge in [0.2, 0.25) is 5.95 Å². The molecule has 2 fully saturated rings. The first-order valence-electron chi connectivity index (χ1n) is 12.2. The van der Waals surface area contributed by atoms with Crippen LogP contribution in [0.4, 0.5) is 11.8 Å². The number of fused-ring (bicyclic) bond motifs is 3. The monoisotopic (exact) mass is 473 g/mol. The summed E-state index contributed by atoms with van der Waals surface area (Å²) in [6.45, 7) is 6.93. The van der Waals surface area contributed by atoms with Crippen LogP contribution in [0.15, 0.2) is 24.7 Å². The zero-order chi connectivity index (χ0) is 24.5. The van der Waals surface area contributed by atoms with Gasteiger partial charge < -0.3 is 10.2 Å². The fourth-order valence-corrected chi connectivity index (χ4v) is 6.20. The van der Waals surface area contributed by atoms with Crippen molar-refractivity contribution in [2.75, 3.05) is 16.8 Å². The van der Waals surface area contributed by atoms with Crippen LogP contribution in [0.25, 0.3) is 11.1 Å². The molecule has 3 aromatic rings. The molecule has 0 radical (unpaired) electrons. The number of hydrogen-bond acceptors (Lipinski definition) is 8. The van der Waals surface area contributed by atoms with Gasteiger partial charge in [-0.15, -0.1) is 10.2 Å². The Kier molecular flexibility index (Phi) is 4.76. The average Bonchev–Trinajstić information content (AvgIpc) is 3.42. The van der Waals surface area contributed by atoms with Crippen molar-refractivity contribution in [1.29, 1.82) is 0 Å². The number of piperidine rings is 1. The second-order valence-electron chi connectivity index (χ2n) is 10.9. The van der Waals surface area contributed by atoms with E-state index in [0.29, 0.717) is 29.9 Å². The molecule has 0 aliphatic carbocycles. The third-order valence-corrected chi connectivity index (χ3v) is 7.96. The van der Waals surface area contributed by atoms with Gasteiger partial charge in [0.05, 0.1) is 29.7 Å². The highest BCUT2D eigenvalue weighted by molar-refractivity contribution is 6.09. The Morgan fingerprint density at radius 3 is 2.46 bits per heavy atom. The summed E-state index contributed by atoms with van der Waals surface area (Å²) in [5.74, 6) is 0.890. The van der Waals surface area contributed by atoms with Crippen LogP contribution in [-0.4, -0.2) is 60.0 Å². The van der Waals surface area contributed by atoms with Crippen molar-refractivity contribution in [3.63, 3.8) is 0 Å². The van der Waals surface area contributed by atoms with Crippen LogP contribution in [0.1, 0.15) is 61.3 Å². The summed E-state index contributed by atoms with van der Waals surface area (Å²) in [6, 6.07) is 2.24. The Balaban J connectivity index is 1.21. The van der Waals surface area contributed by atoms with Crippen LogP contribution in [0.2, 0.25) is 0 Å². The van der Waals surface area contributed by atoms with Crippen molar-refractivity contribution < 1.29 is 4.79 Å². The molecule has 3 atom stereocenters. The Bertz CT molecular complexity index is 1300. The van der Waals surface area contributed by atoms with Gasteiger partial charge in [-0.25, -0.2) is 4.98 Å². The molecular weight excluding hydrogens is 442 g/mol. The van der Waals surface area contributed by atoms with E-state index in [-0.39, 0.29) is 17.0 Å². The summed E-state index contributed by atoms with van der Waals surface area (Å²) in [7, 11) is 3.93. The lowest BCUT2D eigenvalue weighted by Gasteiger charge is -2.45. The number of nitrogens with one attached hydrogen (secondary N) is 1. The highest BCUT2D eigenvalue weighted by Crippen LogP contribution is 2.43. The van der Waals surface area contributed by atoms with Gasteiger partial charge in [-0.1, -0.05) is 0 Å². The van der Waals surface area contributed by atoms with Crippen molar-refractivity contribution in [2.45, 2.75) is 70.1 Å². The molecule has 2 bridgehead atoms. The Hall–Kier alpha value is -3.40. The highest BCUT2D eigenvalue weighted by Gasteiger charge is 2.49. The van der Waals surface area contributed by atoms with E-state index in [1.165, 1.54) is 12.8 Å². The summed E-state index contributed by atoms with van der Waals surface area (Å²) in [4.78, 5) is 26.1. The standard InChI is InChI=1S/C25H31N9O/c1-15-19(13-32(4)30-15)16-8-18-20(26-11-16)14-34(22(18)35)21-12-27-23(29-28-21)33(5)17-9-24(2)6-7-25(3,10-17)31-24/h8,11-13,17,31H,6-7,9-10,14H2,1-5H3/t17?,24-,25+. The zero-order valence-electron chi connectivity index (χ0n) is 20.9. The summed E-state index contributed by atoms with van der Waals surface area (Å²) >= 11 is 0. The minimum absolute atomic E-state index is 0.135. The molecule has 0 saturated carbocycles. The lowest BCUT2D eigenvalue weighted by atomic mass is 9.84. The molecule has 182 valence electrons. The molecule has 3 aliphatic rings. The van der Waals surface area contributed by atoms with Crippen LogP contribution in [0, 0.1) is 6.92 Å². The number of aromatic nitrogens is 6. The highest BCUT2D eigenvalue weighted by atomic mass is 16.2. The third kappa shape index (κ3) is 3.67. The molecule has 10 heteroatoms. The van der Waals surface area contributed by atoms with Gasteiger partial charge in [-0.05, 0) is 52.5 Å². The normalized spacial score (nSPS) is 27.4. The first kappa shape index (κ1) is 22.1. The fourth-order valence-electron chi connectivity index (χ4n) is 6.20. The molecule has 6 heterocycles. The first-order chi connectivity index (χ1) is 16.6. The zero-order valence-corrected chi connectivity index (χ0v) is 20.9. The second-order valence-corrected chi connectivity index (χ2v) is 10.9. The Labute approximate surface area is 204 Å². The molecule has 3 aliphatic heterocycles. The number of hydrogen-bond donors (Lipinski definition) is 1. The van der Waals surface area contributed by atoms with Crippen LogP contribution >= 0.6 is 0 Å². The van der Waals surface area contributed by atoms with E-state index in [2.05, 4.69) is 49.3 Å². The number of nitrogens with zero attached hydrogens (tertiary/aromatic N) is 8. The van der Waals surface area contributed by atoms with Crippen molar-refractivity contribution in [1.82, 2.24) is 35.3 Å². The van der Waals surface area contributed by atoms with Gasteiger partial charge >= 0.3 is 0 Å². The van der Waals surface area contributed by atoms with Gasteiger partial charge in [0, 0.05) is 54.7 Å². The molecule has 6 rings (SSSR count). The first-order valence-corrected chi connectivity index (χ1v) is 12.2. The van der Waals surface area contributed by atoms with Crippen molar-refractivity contribution in [3.8, 4) is 11.1 Å². The smallest absolute Gasteiger partial charge is 0.261 e. The molecule has 1 unspecified atom stereocenters. The minimum atomic E-state index is -0.135. The average molecular weight is 474 g/mol. The van der Waals surface area contributed by atoms with Gasteiger partial charge in [0.25, 0.3) is 5.91 Å². The molecule has 35 heavy (non-hydrogen) atoms. The molecular formula is C25H31N9O. The number of aryl methyl sites for hydroxylation is 2. The van der Waals surface area contributed by atoms with E-state index in [9.17, 15) is 4.79 Å². The SMILES string of the molecule is Cc1nn(C)cc1-c1cnc2c(c1)C(=O)N(c1cnc(N(C)C3C[C@]4(C)CC[C@](C)(C3)N4)nn1)C2. The number of rotatable bonds is 4. The van der Waals surface area contributed by atoms with Gasteiger partial charge in [-0.2, -0.15) is 5.10 Å². The molecule has 1 amide bonds. The maximum atomic E-state index is 13.2. The van der Waals surface area contributed by atoms with Crippen molar-refractivity contribution >= 4 is 17.7 Å². The molecule has 10 nitrogen and oxygen atoms in total. The van der Waals surface area contributed by atoms with E-state index in [0.717, 1.165) is 35.4 Å². The lowest BCUT2D eigenvalue weighted by Crippen LogP contribution is -2.58. The number of amides is 1. The number of carbonyl (C=O) groups excluding carboxylic acids is 1. The van der Waals surface area contributed by atoms with E-state index in [1.807, 2.05) is 33.3 Å². The van der Waals surface area contributed by atoms with Gasteiger partial charge in [0.15, 0.2) is 5.82 Å². The van der Waals surface area contributed by atoms with E-state index in [1.54, 1.807) is 22.0 Å². The number of pyridine rings is 1. The number of carbonyl (C=O) groups is 1. The van der Waals surface area contributed by atoms with E-state index < -0.39 is 0 Å². The molecule has 0 spiro atoms. The van der Waals surface area contributed by atoms with Gasteiger partial charge in [-0.3, -0.25) is 19.4 Å². The van der Waals surface area contributed by atoms with Gasteiger partial charge in [0.1, 0.15) is 0 Å². The van der Waals surface area contributed by atoms with Crippen LogP contribution in [0.5, 0.6) is 0 Å². The Morgan fingerprint density at radius 1 is 1.09 bits per heavy atom. The summed E-state index contributed by atoms with van der Waals surface area (Å²) in [5.41, 5.74) is 4.38. The predicted molar refractivity (Wildman–Crippen MR) is 132 cm³/mol. The molecule has 1 N–H and O–H groups in total. The van der Waals surface area contributed by atoms with Crippen LogP contribution < -0.4 is 15.1 Å². The molecule has 0 aromatic carbocycles. The van der Waals surface area contributed by atoms with E-state index >= 15 is 0 Å². The lowest BCUT2D eigenvalue weighted by molar-refractivity contribution is 0.0995. The van der Waals surface area contributed by atoms with Crippen molar-refractivity contribution in [2.24, 2.45) is 7.05 Å². The summed E-state index contributed by atoms with van der Waals surface area (Å²) < 4.78 is 1.77. The largest absolute Gasteiger partial charge is 0.339 e. The third-order valence-electron chi connectivity index (χ3n) is 7.96. The van der Waals surface area contributed by atoms with Crippen LogP contribution in [0.3, 0.4) is 0 Å². The summed E-state index contributed by atoms with van der Waals surface area (Å²) in [5, 5.41) is 17.0. The molecule has 3 aromatic heterocycles. The molecule has 2 saturated heterocycles. The number of anilines is 2. The maximum Gasteiger partial charge on any atom is 0.261 e. The van der Waals surface area contributed by atoms with Crippen LogP contribution in [-0.2, 0) is 13.6 Å². The summed E-state index contributed by atoms with van der Waals surface area (Å²) in [6.07, 6.45) is 9.88. The maximum absolute atomic E-state index is 13.2. The Morgan fingerprint density at radius 2 is 1.83 bits per heavy atom. The van der Waals surface area contributed by atoms with Crippen molar-refractivity contribution in [3.05, 3.63) is 41.6 Å². The quantitative estimate of drug-likeness (QED) is 0.617. The minimum Gasteiger partial charge on any atom is -0.339 e.